The zero-order valence-corrected chi connectivity index (χ0v) is 18.3. The smallest absolute Gasteiger partial charge is 0.394 e. The van der Waals surface area contributed by atoms with Gasteiger partial charge in [0, 0.05) is 11.1 Å². The van der Waals surface area contributed by atoms with Crippen molar-refractivity contribution < 1.29 is 38.9 Å². The summed E-state index contributed by atoms with van der Waals surface area (Å²) in [6.07, 6.45) is 2.46. The summed E-state index contributed by atoms with van der Waals surface area (Å²) in [5, 5.41) is 19.9. The standard InChI is InChI=1S/C20H15N3O8S2/c24-15(19(28)29)22-16-13(18(26)27)10-4-6-31-11(14(10)33-16)8-23-17(25)12(32-20(23)30)7-9-3-1-2-5-21-9/h1-3,5,7,11H,4,6,8H2,(H,22,24)(H,26,27)(H,28,29)/b12-7-. The van der Waals surface area contributed by atoms with Gasteiger partial charge in [-0.05, 0) is 42.0 Å². The lowest BCUT2D eigenvalue weighted by Gasteiger charge is -2.26. The van der Waals surface area contributed by atoms with Crippen LogP contribution in [-0.4, -0.2) is 62.2 Å². The van der Waals surface area contributed by atoms with Gasteiger partial charge < -0.3 is 20.3 Å². The first-order valence-corrected chi connectivity index (χ1v) is 11.1. The van der Waals surface area contributed by atoms with Gasteiger partial charge in [-0.2, -0.15) is 0 Å². The van der Waals surface area contributed by atoms with Crippen molar-refractivity contribution >= 4 is 63.2 Å². The molecule has 2 aromatic rings. The number of carbonyl (C=O) groups is 5. The fraction of sp³-hybridized carbons (Fsp3) is 0.200. The van der Waals surface area contributed by atoms with Gasteiger partial charge in [-0.25, -0.2) is 9.59 Å². The third kappa shape index (κ3) is 4.51. The summed E-state index contributed by atoms with van der Waals surface area (Å²) in [7, 11) is 0. The number of hydrogen-bond acceptors (Lipinski definition) is 9. The first kappa shape index (κ1) is 22.6. The predicted molar refractivity (Wildman–Crippen MR) is 117 cm³/mol. The number of thiophene rings is 1. The molecule has 1 unspecified atom stereocenters. The molecular weight excluding hydrogens is 474 g/mol. The lowest BCUT2D eigenvalue weighted by atomic mass is 10.0. The van der Waals surface area contributed by atoms with Crippen LogP contribution in [0.4, 0.5) is 9.80 Å². The zero-order valence-electron chi connectivity index (χ0n) is 16.6. The van der Waals surface area contributed by atoms with E-state index in [9.17, 15) is 29.1 Å². The maximum Gasteiger partial charge on any atom is 0.394 e. The number of amides is 3. The average Bonchev–Trinajstić information content (AvgIpc) is 3.27. The van der Waals surface area contributed by atoms with Crippen LogP contribution in [0.15, 0.2) is 29.3 Å². The molecule has 0 aromatic carbocycles. The van der Waals surface area contributed by atoms with Crippen LogP contribution in [0.5, 0.6) is 0 Å². The second-order valence-corrected chi connectivity index (χ2v) is 8.92. The normalized spacial score (nSPS) is 19.0. The van der Waals surface area contributed by atoms with Crippen molar-refractivity contribution in [2.45, 2.75) is 12.5 Å². The number of ether oxygens (including phenoxy) is 1. The molecule has 0 spiro atoms. The molecule has 2 aliphatic heterocycles. The predicted octanol–water partition coefficient (Wildman–Crippen LogP) is 2.21. The Morgan fingerprint density at radius 1 is 1.27 bits per heavy atom. The highest BCUT2D eigenvalue weighted by molar-refractivity contribution is 8.18. The molecule has 0 aliphatic carbocycles. The minimum absolute atomic E-state index is 0.126. The van der Waals surface area contributed by atoms with Gasteiger partial charge in [0.05, 0.1) is 29.3 Å². The number of aliphatic carboxylic acids is 1. The van der Waals surface area contributed by atoms with Crippen LogP contribution in [0.2, 0.25) is 0 Å². The fourth-order valence-corrected chi connectivity index (χ4v) is 5.51. The first-order chi connectivity index (χ1) is 15.8. The van der Waals surface area contributed by atoms with Crippen molar-refractivity contribution in [3.8, 4) is 0 Å². The quantitative estimate of drug-likeness (QED) is 0.419. The van der Waals surface area contributed by atoms with Crippen LogP contribution in [0, 0.1) is 0 Å². The van der Waals surface area contributed by atoms with E-state index >= 15 is 0 Å². The molecule has 11 nitrogen and oxygen atoms in total. The molecule has 1 atom stereocenters. The minimum atomic E-state index is -1.76. The van der Waals surface area contributed by atoms with E-state index in [1.807, 2.05) is 0 Å². The van der Waals surface area contributed by atoms with Crippen molar-refractivity contribution in [2.75, 3.05) is 18.5 Å². The molecule has 1 saturated heterocycles. The Hall–Kier alpha value is -3.55. The SMILES string of the molecule is O=C(O)C(=O)Nc1sc2c(c1C(=O)O)CCOC2CN1C(=O)S/C(=C\c2ccccn2)C1=O. The van der Waals surface area contributed by atoms with Crippen molar-refractivity contribution in [2.24, 2.45) is 0 Å². The first-order valence-electron chi connectivity index (χ1n) is 9.47. The van der Waals surface area contributed by atoms with E-state index in [1.54, 1.807) is 24.4 Å². The number of fused-ring (bicyclic) bond motifs is 1. The van der Waals surface area contributed by atoms with E-state index in [2.05, 4.69) is 10.3 Å². The number of carboxylic acids is 2. The molecule has 13 heteroatoms. The number of aromatic carboxylic acids is 1. The van der Waals surface area contributed by atoms with Crippen molar-refractivity contribution in [1.29, 1.82) is 0 Å². The molecule has 3 N–H and O–H groups in total. The van der Waals surface area contributed by atoms with E-state index < -0.39 is 35.1 Å². The van der Waals surface area contributed by atoms with E-state index in [0.717, 1.165) is 28.0 Å². The molecule has 33 heavy (non-hydrogen) atoms. The van der Waals surface area contributed by atoms with Crippen LogP contribution < -0.4 is 5.32 Å². The lowest BCUT2D eigenvalue weighted by molar-refractivity contribution is -0.147. The van der Waals surface area contributed by atoms with Gasteiger partial charge in [-0.15, -0.1) is 11.3 Å². The van der Waals surface area contributed by atoms with Crippen LogP contribution >= 0.6 is 23.1 Å². The highest BCUT2D eigenvalue weighted by atomic mass is 32.2. The van der Waals surface area contributed by atoms with E-state index in [1.165, 1.54) is 6.08 Å². The minimum Gasteiger partial charge on any atom is -0.478 e. The number of rotatable bonds is 5. The molecule has 4 rings (SSSR count). The average molecular weight is 489 g/mol. The number of anilines is 1. The molecule has 0 bridgehead atoms. The van der Waals surface area contributed by atoms with E-state index in [4.69, 9.17) is 9.84 Å². The Balaban J connectivity index is 1.61. The Kier molecular flexibility index (Phi) is 6.26. The molecule has 4 heterocycles. The molecule has 3 amide bonds. The molecule has 1 fully saturated rings. The fourth-order valence-electron chi connectivity index (χ4n) is 3.40. The summed E-state index contributed by atoms with van der Waals surface area (Å²) in [4.78, 5) is 65.3. The molecule has 2 aromatic heterocycles. The molecule has 170 valence electrons. The van der Waals surface area contributed by atoms with Gasteiger partial charge in [-0.1, -0.05) is 6.07 Å². The molecule has 2 aliphatic rings. The number of aromatic nitrogens is 1. The largest absolute Gasteiger partial charge is 0.478 e. The van der Waals surface area contributed by atoms with Crippen LogP contribution in [0.25, 0.3) is 6.08 Å². The molecule has 0 radical (unpaired) electrons. The number of thioether (sulfide) groups is 1. The van der Waals surface area contributed by atoms with Gasteiger partial charge in [0.2, 0.25) is 0 Å². The second-order valence-electron chi connectivity index (χ2n) is 6.87. The summed E-state index contributed by atoms with van der Waals surface area (Å²) in [6.45, 7) is -0.0376. The summed E-state index contributed by atoms with van der Waals surface area (Å²) in [5.41, 5.74) is 0.671. The molecular formula is C20H15N3O8S2. The number of nitrogens with zero attached hydrogens (tertiary/aromatic N) is 2. The van der Waals surface area contributed by atoms with Crippen molar-refractivity contribution in [1.82, 2.24) is 9.88 Å². The Bertz CT molecular complexity index is 1210. The zero-order chi connectivity index (χ0) is 23.7. The van der Waals surface area contributed by atoms with Crippen LogP contribution in [0.3, 0.4) is 0 Å². The summed E-state index contributed by atoms with van der Waals surface area (Å²) < 4.78 is 5.72. The van der Waals surface area contributed by atoms with Crippen LogP contribution in [0.1, 0.15) is 32.6 Å². The number of hydrogen-bond donors (Lipinski definition) is 3. The molecule has 0 saturated carbocycles. The number of nitrogens with one attached hydrogen (secondary N) is 1. The maximum absolute atomic E-state index is 12.8. The Labute approximate surface area is 194 Å². The number of carboxylic acid groups (broad SMARTS) is 2. The van der Waals surface area contributed by atoms with Crippen molar-refractivity contribution in [3.63, 3.8) is 0 Å². The third-order valence-corrected chi connectivity index (χ3v) is 6.97. The van der Waals surface area contributed by atoms with Crippen molar-refractivity contribution in [3.05, 3.63) is 51.0 Å². The van der Waals surface area contributed by atoms with Gasteiger partial charge >= 0.3 is 17.8 Å². The highest BCUT2D eigenvalue weighted by Gasteiger charge is 2.40. The third-order valence-electron chi connectivity index (χ3n) is 4.83. The number of carbonyl (C=O) groups excluding carboxylic acids is 3. The summed E-state index contributed by atoms with van der Waals surface area (Å²) in [5.74, 6) is -5.00. The van der Waals surface area contributed by atoms with E-state index in [-0.39, 0.29) is 35.0 Å². The summed E-state index contributed by atoms with van der Waals surface area (Å²) >= 11 is 1.61. The lowest BCUT2D eigenvalue weighted by Crippen LogP contribution is -2.34. The van der Waals surface area contributed by atoms with Crippen LogP contribution in [-0.2, 0) is 25.5 Å². The summed E-state index contributed by atoms with van der Waals surface area (Å²) in [6, 6.07) is 5.16. The second kappa shape index (κ2) is 9.13. The van der Waals surface area contributed by atoms with Gasteiger partial charge in [0.1, 0.15) is 11.1 Å². The topological polar surface area (TPSA) is 163 Å². The maximum atomic E-state index is 12.8. The van der Waals surface area contributed by atoms with Gasteiger partial charge in [0.15, 0.2) is 0 Å². The Morgan fingerprint density at radius 2 is 2.06 bits per heavy atom. The number of pyridine rings is 1. The number of imide groups is 1. The highest BCUT2D eigenvalue weighted by Crippen LogP contribution is 2.43. The van der Waals surface area contributed by atoms with E-state index in [0.29, 0.717) is 16.1 Å². The Morgan fingerprint density at radius 3 is 2.73 bits per heavy atom. The monoisotopic (exact) mass is 489 g/mol. The van der Waals surface area contributed by atoms with Gasteiger partial charge in [-0.3, -0.25) is 24.3 Å². The van der Waals surface area contributed by atoms with Gasteiger partial charge in [0.25, 0.3) is 11.1 Å².